The smallest absolute Gasteiger partial charge is 0.333 e. The SMILES string of the molecule is CCCCNC(=O)N(CCCc1ccccc1)CCOc1ccc(CC(OCC)C(=O)O)cc1. The predicted octanol–water partition coefficient (Wildman–Crippen LogP) is 4.54. The summed E-state index contributed by atoms with van der Waals surface area (Å²) in [7, 11) is 0. The van der Waals surface area contributed by atoms with Crippen LogP contribution in [0.5, 0.6) is 5.75 Å². The molecule has 1 unspecified atom stereocenters. The van der Waals surface area contributed by atoms with Gasteiger partial charge in [-0.1, -0.05) is 55.8 Å². The molecule has 1 atom stereocenters. The molecule has 0 saturated heterocycles. The molecule has 0 heterocycles. The number of nitrogens with one attached hydrogen (secondary N) is 1. The number of aryl methyl sites for hydroxylation is 1. The van der Waals surface area contributed by atoms with Crippen LogP contribution in [0.3, 0.4) is 0 Å². The van der Waals surface area contributed by atoms with E-state index in [0.717, 1.165) is 31.2 Å². The zero-order valence-corrected chi connectivity index (χ0v) is 20.4. The molecule has 34 heavy (non-hydrogen) atoms. The number of carbonyl (C=O) groups is 2. The number of rotatable bonds is 16. The minimum atomic E-state index is -0.966. The number of carboxylic acid groups (broad SMARTS) is 1. The van der Waals surface area contributed by atoms with Crippen LogP contribution in [-0.2, 0) is 22.4 Å². The van der Waals surface area contributed by atoms with Gasteiger partial charge in [0, 0.05) is 26.1 Å². The monoisotopic (exact) mass is 470 g/mol. The number of hydrogen-bond donors (Lipinski definition) is 2. The van der Waals surface area contributed by atoms with Gasteiger partial charge in [0.2, 0.25) is 0 Å². The van der Waals surface area contributed by atoms with E-state index >= 15 is 0 Å². The first-order valence-corrected chi connectivity index (χ1v) is 12.2. The first kappa shape index (κ1) is 27.2. The van der Waals surface area contributed by atoms with Crippen LogP contribution in [0.25, 0.3) is 0 Å². The molecule has 0 aromatic heterocycles. The third kappa shape index (κ3) is 10.3. The Hall–Kier alpha value is -3.06. The van der Waals surface area contributed by atoms with Gasteiger partial charge in [0.15, 0.2) is 6.10 Å². The number of nitrogens with zero attached hydrogens (tertiary/aromatic N) is 1. The fourth-order valence-electron chi connectivity index (χ4n) is 3.55. The number of ether oxygens (including phenoxy) is 2. The summed E-state index contributed by atoms with van der Waals surface area (Å²) in [5.74, 6) is -0.283. The minimum absolute atomic E-state index is 0.0592. The van der Waals surface area contributed by atoms with E-state index in [-0.39, 0.29) is 6.03 Å². The first-order chi connectivity index (χ1) is 16.5. The first-order valence-electron chi connectivity index (χ1n) is 12.2. The molecule has 2 N–H and O–H groups in total. The Labute approximate surface area is 203 Å². The van der Waals surface area contributed by atoms with E-state index in [1.54, 1.807) is 6.92 Å². The molecule has 0 radical (unpaired) electrons. The summed E-state index contributed by atoms with van der Waals surface area (Å²) < 4.78 is 11.1. The lowest BCUT2D eigenvalue weighted by molar-refractivity contribution is -0.149. The van der Waals surface area contributed by atoms with E-state index in [1.807, 2.05) is 47.4 Å². The van der Waals surface area contributed by atoms with Gasteiger partial charge in [-0.05, 0) is 49.4 Å². The Morgan fingerprint density at radius 3 is 2.35 bits per heavy atom. The molecule has 2 rings (SSSR count). The zero-order valence-electron chi connectivity index (χ0n) is 20.4. The van der Waals surface area contributed by atoms with Gasteiger partial charge in [-0.15, -0.1) is 0 Å². The maximum atomic E-state index is 12.7. The van der Waals surface area contributed by atoms with Crippen molar-refractivity contribution in [2.75, 3.05) is 32.8 Å². The molecule has 2 aromatic rings. The number of carbonyl (C=O) groups excluding carboxylic acids is 1. The Bertz CT molecular complexity index is 842. The van der Waals surface area contributed by atoms with E-state index in [9.17, 15) is 14.7 Å². The molecule has 7 nitrogen and oxygen atoms in total. The molecule has 0 fully saturated rings. The number of hydrogen-bond acceptors (Lipinski definition) is 4. The van der Waals surface area contributed by atoms with Gasteiger partial charge in [-0.3, -0.25) is 0 Å². The molecule has 2 aromatic carbocycles. The highest BCUT2D eigenvalue weighted by molar-refractivity contribution is 5.74. The third-order valence-electron chi connectivity index (χ3n) is 5.45. The summed E-state index contributed by atoms with van der Waals surface area (Å²) in [5, 5.41) is 12.2. The van der Waals surface area contributed by atoms with E-state index in [2.05, 4.69) is 24.4 Å². The van der Waals surface area contributed by atoms with Gasteiger partial charge < -0.3 is 24.8 Å². The largest absolute Gasteiger partial charge is 0.492 e. The molecule has 186 valence electrons. The lowest BCUT2D eigenvalue weighted by Crippen LogP contribution is -2.43. The van der Waals surface area contributed by atoms with Crippen LogP contribution >= 0.6 is 0 Å². The van der Waals surface area contributed by atoms with Crippen molar-refractivity contribution in [1.82, 2.24) is 10.2 Å². The number of carboxylic acids is 1. The average Bonchev–Trinajstić information content (AvgIpc) is 2.84. The predicted molar refractivity (Wildman–Crippen MR) is 133 cm³/mol. The van der Waals surface area contributed by atoms with E-state index < -0.39 is 12.1 Å². The van der Waals surface area contributed by atoms with Gasteiger partial charge in [-0.25, -0.2) is 9.59 Å². The fraction of sp³-hybridized carbons (Fsp3) is 0.481. The van der Waals surface area contributed by atoms with Crippen LogP contribution in [0, 0.1) is 0 Å². The van der Waals surface area contributed by atoms with Gasteiger partial charge in [0.05, 0.1) is 6.54 Å². The van der Waals surface area contributed by atoms with Crippen molar-refractivity contribution < 1.29 is 24.2 Å². The Morgan fingerprint density at radius 1 is 0.971 bits per heavy atom. The maximum Gasteiger partial charge on any atom is 0.333 e. The van der Waals surface area contributed by atoms with Crippen molar-refractivity contribution >= 4 is 12.0 Å². The lowest BCUT2D eigenvalue weighted by atomic mass is 10.1. The van der Waals surface area contributed by atoms with Gasteiger partial charge in [0.1, 0.15) is 12.4 Å². The molecule has 0 aliphatic heterocycles. The van der Waals surface area contributed by atoms with Crippen LogP contribution in [0.2, 0.25) is 0 Å². The summed E-state index contributed by atoms with van der Waals surface area (Å²) in [4.78, 5) is 25.7. The number of urea groups is 1. The number of aliphatic carboxylic acids is 1. The second-order valence-electron chi connectivity index (χ2n) is 8.14. The van der Waals surface area contributed by atoms with Crippen molar-refractivity contribution in [1.29, 1.82) is 0 Å². The van der Waals surface area contributed by atoms with E-state index in [0.29, 0.717) is 45.0 Å². The third-order valence-corrected chi connectivity index (χ3v) is 5.45. The number of amides is 2. The number of unbranched alkanes of at least 4 members (excludes halogenated alkanes) is 1. The Morgan fingerprint density at radius 2 is 1.71 bits per heavy atom. The van der Waals surface area contributed by atoms with Crippen LogP contribution in [-0.4, -0.2) is 61.0 Å². The highest BCUT2D eigenvalue weighted by Gasteiger charge is 2.18. The molecule has 0 bridgehead atoms. The van der Waals surface area contributed by atoms with Crippen molar-refractivity contribution in [3.63, 3.8) is 0 Å². The topological polar surface area (TPSA) is 88.1 Å². The molecule has 0 aliphatic carbocycles. The van der Waals surface area contributed by atoms with Gasteiger partial charge in [0.25, 0.3) is 0 Å². The highest BCUT2D eigenvalue weighted by Crippen LogP contribution is 2.15. The summed E-state index contributed by atoms with van der Waals surface area (Å²) in [5.41, 5.74) is 2.13. The molecule has 7 heteroatoms. The maximum absolute atomic E-state index is 12.7. The van der Waals surface area contributed by atoms with Crippen molar-refractivity contribution in [3.05, 3.63) is 65.7 Å². The Balaban J connectivity index is 1.85. The van der Waals surface area contributed by atoms with Crippen LogP contribution in [0.15, 0.2) is 54.6 Å². The molecular weight excluding hydrogens is 432 g/mol. The molecule has 0 saturated carbocycles. The van der Waals surface area contributed by atoms with Crippen LogP contribution in [0.4, 0.5) is 4.79 Å². The second kappa shape index (κ2) is 15.7. The van der Waals surface area contributed by atoms with Gasteiger partial charge >= 0.3 is 12.0 Å². The standard InChI is InChI=1S/C27H38N2O5/c1-3-5-17-28-27(32)29(18-9-12-22-10-7-6-8-11-22)19-20-34-24-15-13-23(14-16-24)21-25(26(30)31)33-4-2/h6-8,10-11,13-16,25H,3-5,9,12,17-21H2,1-2H3,(H,28,32)(H,30,31). The number of benzene rings is 2. The van der Waals surface area contributed by atoms with Crippen molar-refractivity contribution in [2.45, 2.75) is 52.1 Å². The summed E-state index contributed by atoms with van der Waals surface area (Å²) in [6, 6.07) is 17.5. The molecule has 0 aliphatic rings. The minimum Gasteiger partial charge on any atom is -0.492 e. The summed E-state index contributed by atoms with van der Waals surface area (Å²) in [6.07, 6.45) is 3.23. The normalized spacial score (nSPS) is 11.6. The van der Waals surface area contributed by atoms with Crippen molar-refractivity contribution in [3.8, 4) is 5.75 Å². The zero-order chi connectivity index (χ0) is 24.6. The average molecular weight is 471 g/mol. The quantitative estimate of drug-likeness (QED) is 0.352. The molecule has 0 spiro atoms. The lowest BCUT2D eigenvalue weighted by Gasteiger charge is -2.23. The molecule has 2 amide bonds. The van der Waals surface area contributed by atoms with E-state index in [1.165, 1.54) is 5.56 Å². The summed E-state index contributed by atoms with van der Waals surface area (Å²) in [6.45, 7) is 6.42. The summed E-state index contributed by atoms with van der Waals surface area (Å²) >= 11 is 0. The highest BCUT2D eigenvalue weighted by atomic mass is 16.5. The van der Waals surface area contributed by atoms with E-state index in [4.69, 9.17) is 9.47 Å². The van der Waals surface area contributed by atoms with Crippen LogP contribution < -0.4 is 10.1 Å². The van der Waals surface area contributed by atoms with Gasteiger partial charge in [-0.2, -0.15) is 0 Å². The molecular formula is C27H38N2O5. The van der Waals surface area contributed by atoms with Crippen LogP contribution in [0.1, 0.15) is 44.2 Å². The fourth-order valence-corrected chi connectivity index (χ4v) is 3.55. The second-order valence-corrected chi connectivity index (χ2v) is 8.14. The Kier molecular flexibility index (Phi) is 12.6. The van der Waals surface area contributed by atoms with Crippen molar-refractivity contribution in [2.24, 2.45) is 0 Å².